The number of nitrogen functional groups attached to an aromatic ring is 1. The number of nitrogens with two attached hydrogens (primary N) is 1. The van der Waals surface area contributed by atoms with Crippen LogP contribution in [-0.4, -0.2) is 36.6 Å². The summed E-state index contributed by atoms with van der Waals surface area (Å²) in [5.41, 5.74) is 6.65. The van der Waals surface area contributed by atoms with E-state index in [0.717, 1.165) is 0 Å². The van der Waals surface area contributed by atoms with Gasteiger partial charge in [0.25, 0.3) is 0 Å². The summed E-state index contributed by atoms with van der Waals surface area (Å²) in [6.45, 7) is 0.938. The summed E-state index contributed by atoms with van der Waals surface area (Å²) in [7, 11) is 0. The maximum absolute atomic E-state index is 12.2. The molecule has 7 heteroatoms. The van der Waals surface area contributed by atoms with E-state index in [0.29, 0.717) is 11.4 Å². The smallest absolute Gasteiger partial charge is 0.399 e. The molecule has 0 aliphatic rings. The lowest BCUT2D eigenvalue weighted by Crippen LogP contribution is -2.36. The molecule has 1 amide bonds. The van der Waals surface area contributed by atoms with Crippen molar-refractivity contribution in [1.29, 1.82) is 0 Å². The number of nitrogens with zero attached hydrogens (tertiary/aromatic N) is 1. The van der Waals surface area contributed by atoms with Crippen molar-refractivity contribution in [2.45, 2.75) is 19.5 Å². The monoisotopic (exact) mass is 289 g/mol. The number of hydrogen-bond donors (Lipinski definition) is 2. The topological polar surface area (TPSA) is 58.4 Å². The molecule has 0 radical (unpaired) electrons. The second-order valence-corrected chi connectivity index (χ2v) is 4.40. The molecule has 0 unspecified atom stereocenters. The van der Waals surface area contributed by atoms with Gasteiger partial charge in [-0.05, 0) is 30.8 Å². The van der Waals surface area contributed by atoms with Crippen LogP contribution >= 0.6 is 0 Å². The number of rotatable bonds is 6. The number of carbonyl (C=O) groups excluding carboxylic acids is 1. The zero-order chi connectivity index (χ0) is 15.2. The summed E-state index contributed by atoms with van der Waals surface area (Å²) in [6, 6.07) is 6.55. The predicted octanol–water partition coefficient (Wildman–Crippen LogP) is 2.48. The van der Waals surface area contributed by atoms with Crippen LogP contribution < -0.4 is 11.1 Å². The van der Waals surface area contributed by atoms with Gasteiger partial charge >= 0.3 is 6.18 Å². The van der Waals surface area contributed by atoms with Crippen LogP contribution in [0.1, 0.15) is 13.3 Å². The number of carbonyl (C=O) groups is 1. The number of benzene rings is 1. The molecule has 3 N–H and O–H groups in total. The first-order chi connectivity index (χ1) is 9.30. The van der Waals surface area contributed by atoms with Gasteiger partial charge in [0.15, 0.2) is 0 Å². The molecule has 0 atom stereocenters. The molecule has 0 aliphatic carbocycles. The third kappa shape index (κ3) is 6.42. The van der Waals surface area contributed by atoms with Gasteiger partial charge in [0.2, 0.25) is 5.91 Å². The van der Waals surface area contributed by atoms with E-state index in [2.05, 4.69) is 5.32 Å². The Bertz CT molecular complexity index is 431. The van der Waals surface area contributed by atoms with Crippen LogP contribution in [0.2, 0.25) is 0 Å². The van der Waals surface area contributed by atoms with E-state index in [4.69, 9.17) is 5.73 Å². The van der Waals surface area contributed by atoms with Crippen molar-refractivity contribution in [3.8, 4) is 0 Å². The summed E-state index contributed by atoms with van der Waals surface area (Å²) < 4.78 is 36.7. The number of amides is 1. The first-order valence-corrected chi connectivity index (χ1v) is 6.24. The van der Waals surface area contributed by atoms with Crippen LogP contribution in [0.15, 0.2) is 24.3 Å². The fourth-order valence-electron chi connectivity index (χ4n) is 1.65. The Labute approximate surface area is 115 Å². The minimum atomic E-state index is -4.25. The van der Waals surface area contributed by atoms with Gasteiger partial charge in [-0.3, -0.25) is 9.69 Å². The maximum Gasteiger partial charge on any atom is 0.401 e. The zero-order valence-electron chi connectivity index (χ0n) is 11.2. The largest absolute Gasteiger partial charge is 0.401 e. The number of halogens is 3. The standard InChI is InChI=1S/C13H18F3N3O/c1-2-19(9-13(14,15)16)8-7-12(20)18-11-5-3-10(17)4-6-11/h3-6H,2,7-9,17H2,1H3,(H,18,20). The molecule has 20 heavy (non-hydrogen) atoms. The highest BCUT2D eigenvalue weighted by Crippen LogP contribution is 2.16. The molecule has 1 aromatic rings. The average Bonchev–Trinajstić information content (AvgIpc) is 2.36. The number of anilines is 2. The van der Waals surface area contributed by atoms with E-state index in [1.807, 2.05) is 0 Å². The first kappa shape index (κ1) is 16.3. The van der Waals surface area contributed by atoms with Crippen LogP contribution in [0.3, 0.4) is 0 Å². The summed E-state index contributed by atoms with van der Waals surface area (Å²) in [5.74, 6) is -0.324. The Kier molecular flexibility index (Phi) is 5.82. The lowest BCUT2D eigenvalue weighted by molar-refractivity contribution is -0.146. The third-order valence-corrected chi connectivity index (χ3v) is 2.70. The Morgan fingerprint density at radius 2 is 1.90 bits per heavy atom. The summed E-state index contributed by atoms with van der Waals surface area (Å²) >= 11 is 0. The normalized spacial score (nSPS) is 11.7. The molecule has 0 fully saturated rings. The summed E-state index contributed by atoms with van der Waals surface area (Å²) in [6.07, 6.45) is -4.24. The van der Waals surface area contributed by atoms with Crippen LogP contribution in [0.25, 0.3) is 0 Å². The molecular weight excluding hydrogens is 271 g/mol. The molecule has 0 aliphatic heterocycles. The molecule has 112 valence electrons. The van der Waals surface area contributed by atoms with E-state index in [1.165, 1.54) is 4.90 Å². The van der Waals surface area contributed by atoms with Crippen molar-refractivity contribution < 1.29 is 18.0 Å². The molecule has 0 saturated heterocycles. The third-order valence-electron chi connectivity index (χ3n) is 2.70. The number of nitrogens with one attached hydrogen (secondary N) is 1. The van der Waals surface area contributed by atoms with Crippen LogP contribution in [0.4, 0.5) is 24.5 Å². The van der Waals surface area contributed by atoms with Gasteiger partial charge < -0.3 is 11.1 Å². The van der Waals surface area contributed by atoms with Gasteiger partial charge in [-0.2, -0.15) is 13.2 Å². The second kappa shape index (κ2) is 7.14. The summed E-state index contributed by atoms with van der Waals surface area (Å²) in [4.78, 5) is 12.8. The highest BCUT2D eigenvalue weighted by molar-refractivity contribution is 5.90. The van der Waals surface area contributed by atoms with Gasteiger partial charge in [-0.1, -0.05) is 6.92 Å². The van der Waals surface area contributed by atoms with Crippen molar-refractivity contribution in [3.63, 3.8) is 0 Å². The molecule has 0 aromatic heterocycles. The van der Waals surface area contributed by atoms with E-state index >= 15 is 0 Å². The van der Waals surface area contributed by atoms with E-state index in [1.54, 1.807) is 31.2 Å². The first-order valence-electron chi connectivity index (χ1n) is 6.24. The van der Waals surface area contributed by atoms with E-state index < -0.39 is 12.7 Å². The van der Waals surface area contributed by atoms with Crippen molar-refractivity contribution in [2.75, 3.05) is 30.7 Å². The molecule has 4 nitrogen and oxygen atoms in total. The lowest BCUT2D eigenvalue weighted by atomic mass is 10.2. The minimum Gasteiger partial charge on any atom is -0.399 e. The maximum atomic E-state index is 12.2. The fourth-order valence-corrected chi connectivity index (χ4v) is 1.65. The molecule has 0 bridgehead atoms. The predicted molar refractivity (Wildman–Crippen MR) is 72.3 cm³/mol. The van der Waals surface area contributed by atoms with Crippen LogP contribution in [-0.2, 0) is 4.79 Å². The van der Waals surface area contributed by atoms with Gasteiger partial charge in [0, 0.05) is 24.3 Å². The molecule has 0 spiro atoms. The molecule has 0 saturated carbocycles. The second-order valence-electron chi connectivity index (χ2n) is 4.40. The Morgan fingerprint density at radius 3 is 2.40 bits per heavy atom. The summed E-state index contributed by atoms with van der Waals surface area (Å²) in [5, 5.41) is 2.61. The van der Waals surface area contributed by atoms with Crippen molar-refractivity contribution in [1.82, 2.24) is 4.90 Å². The van der Waals surface area contributed by atoms with Gasteiger partial charge in [-0.25, -0.2) is 0 Å². The van der Waals surface area contributed by atoms with Crippen molar-refractivity contribution in [2.24, 2.45) is 0 Å². The van der Waals surface area contributed by atoms with Gasteiger partial charge in [0.1, 0.15) is 0 Å². The quantitative estimate of drug-likeness (QED) is 0.791. The SMILES string of the molecule is CCN(CCC(=O)Nc1ccc(N)cc1)CC(F)(F)F. The molecular formula is C13H18F3N3O. The molecule has 1 rings (SSSR count). The zero-order valence-corrected chi connectivity index (χ0v) is 11.2. The number of alkyl halides is 3. The van der Waals surface area contributed by atoms with Gasteiger partial charge in [0.05, 0.1) is 6.54 Å². The molecule has 0 heterocycles. The number of hydrogen-bond acceptors (Lipinski definition) is 3. The molecule has 1 aromatic carbocycles. The Morgan fingerprint density at radius 1 is 1.30 bits per heavy atom. The van der Waals surface area contributed by atoms with Crippen LogP contribution in [0, 0.1) is 0 Å². The van der Waals surface area contributed by atoms with E-state index in [-0.39, 0.29) is 25.4 Å². The van der Waals surface area contributed by atoms with Crippen LogP contribution in [0.5, 0.6) is 0 Å². The van der Waals surface area contributed by atoms with Crippen molar-refractivity contribution >= 4 is 17.3 Å². The Hall–Kier alpha value is -1.76. The average molecular weight is 289 g/mol. The highest BCUT2D eigenvalue weighted by Gasteiger charge is 2.30. The van der Waals surface area contributed by atoms with E-state index in [9.17, 15) is 18.0 Å². The van der Waals surface area contributed by atoms with Crippen molar-refractivity contribution in [3.05, 3.63) is 24.3 Å². The van der Waals surface area contributed by atoms with Gasteiger partial charge in [-0.15, -0.1) is 0 Å². The fraction of sp³-hybridized carbons (Fsp3) is 0.462. The lowest BCUT2D eigenvalue weighted by Gasteiger charge is -2.21. The Balaban J connectivity index is 2.40. The minimum absolute atomic E-state index is 0.00823. The highest BCUT2D eigenvalue weighted by atomic mass is 19.4.